The minimum atomic E-state index is 0.452. The van der Waals surface area contributed by atoms with Crippen LogP contribution in [0.15, 0.2) is 18.2 Å². The van der Waals surface area contributed by atoms with Gasteiger partial charge in [-0.25, -0.2) is 0 Å². The standard InChI is InChI=1S/C15H23NOS/c1-4-16-14(10-18-11(2)3)12-5-6-15-13(9-12)7-8-17-15/h5-6,9,11,14,16H,4,7-8,10H2,1-3H3. The summed E-state index contributed by atoms with van der Waals surface area (Å²) < 4.78 is 5.57. The van der Waals surface area contributed by atoms with Gasteiger partial charge in [0.2, 0.25) is 0 Å². The monoisotopic (exact) mass is 265 g/mol. The van der Waals surface area contributed by atoms with Crippen molar-refractivity contribution >= 4 is 11.8 Å². The quantitative estimate of drug-likeness (QED) is 0.851. The summed E-state index contributed by atoms with van der Waals surface area (Å²) >= 11 is 2.01. The Labute approximate surface area is 114 Å². The molecule has 1 aliphatic heterocycles. The molecule has 0 amide bonds. The van der Waals surface area contributed by atoms with Gasteiger partial charge in [-0.2, -0.15) is 11.8 Å². The highest BCUT2D eigenvalue weighted by atomic mass is 32.2. The highest BCUT2D eigenvalue weighted by Crippen LogP contribution is 2.29. The molecular weight excluding hydrogens is 242 g/mol. The van der Waals surface area contributed by atoms with Gasteiger partial charge in [-0.3, -0.25) is 0 Å². The molecule has 0 saturated carbocycles. The summed E-state index contributed by atoms with van der Waals surface area (Å²) in [5, 5.41) is 4.27. The van der Waals surface area contributed by atoms with Crippen LogP contribution in [-0.2, 0) is 6.42 Å². The van der Waals surface area contributed by atoms with Crippen LogP contribution in [0, 0.1) is 0 Å². The van der Waals surface area contributed by atoms with Crippen molar-refractivity contribution in [3.05, 3.63) is 29.3 Å². The molecule has 0 fully saturated rings. The van der Waals surface area contributed by atoms with Gasteiger partial charge in [0.1, 0.15) is 5.75 Å². The van der Waals surface area contributed by atoms with Crippen LogP contribution in [0.2, 0.25) is 0 Å². The van der Waals surface area contributed by atoms with Gasteiger partial charge in [0.15, 0.2) is 0 Å². The summed E-state index contributed by atoms with van der Waals surface area (Å²) in [7, 11) is 0. The SMILES string of the molecule is CCNC(CSC(C)C)c1ccc2c(c1)CCO2. The van der Waals surface area contributed by atoms with E-state index in [1.165, 1.54) is 11.1 Å². The van der Waals surface area contributed by atoms with E-state index in [0.29, 0.717) is 11.3 Å². The second kappa shape index (κ2) is 6.48. The van der Waals surface area contributed by atoms with E-state index in [1.54, 1.807) is 0 Å². The third kappa shape index (κ3) is 3.42. The van der Waals surface area contributed by atoms with Gasteiger partial charge in [0.25, 0.3) is 0 Å². The Morgan fingerprint density at radius 2 is 2.22 bits per heavy atom. The van der Waals surface area contributed by atoms with Crippen molar-refractivity contribution in [3.8, 4) is 5.75 Å². The minimum Gasteiger partial charge on any atom is -0.493 e. The molecule has 1 aromatic carbocycles. The zero-order chi connectivity index (χ0) is 13.0. The molecule has 2 rings (SSSR count). The Bertz CT molecular complexity index is 392. The second-order valence-corrected chi connectivity index (χ2v) is 6.57. The largest absolute Gasteiger partial charge is 0.493 e. The normalized spacial score (nSPS) is 15.6. The molecule has 3 heteroatoms. The maximum atomic E-state index is 5.57. The van der Waals surface area contributed by atoms with Gasteiger partial charge < -0.3 is 10.1 Å². The maximum Gasteiger partial charge on any atom is 0.122 e. The summed E-state index contributed by atoms with van der Waals surface area (Å²) in [5.74, 6) is 2.20. The van der Waals surface area contributed by atoms with Crippen LogP contribution < -0.4 is 10.1 Å². The first-order valence-corrected chi connectivity index (χ1v) is 7.86. The number of rotatable bonds is 6. The molecule has 0 saturated heterocycles. The average molecular weight is 265 g/mol. The number of hydrogen-bond donors (Lipinski definition) is 1. The van der Waals surface area contributed by atoms with Crippen LogP contribution >= 0.6 is 11.8 Å². The van der Waals surface area contributed by atoms with E-state index in [4.69, 9.17) is 4.74 Å². The van der Waals surface area contributed by atoms with Crippen molar-refractivity contribution in [2.75, 3.05) is 18.9 Å². The molecule has 1 aliphatic rings. The summed E-state index contributed by atoms with van der Waals surface area (Å²) in [4.78, 5) is 0. The molecule has 0 spiro atoms. The maximum absolute atomic E-state index is 5.57. The van der Waals surface area contributed by atoms with Gasteiger partial charge in [0, 0.05) is 18.2 Å². The lowest BCUT2D eigenvalue weighted by atomic mass is 10.0. The number of nitrogens with one attached hydrogen (secondary N) is 1. The Balaban J connectivity index is 2.09. The van der Waals surface area contributed by atoms with Crippen molar-refractivity contribution in [1.29, 1.82) is 0 Å². The first-order valence-electron chi connectivity index (χ1n) is 6.81. The average Bonchev–Trinajstić information content (AvgIpc) is 2.81. The molecule has 0 bridgehead atoms. The second-order valence-electron chi connectivity index (χ2n) is 4.96. The lowest BCUT2D eigenvalue weighted by Crippen LogP contribution is -2.23. The third-order valence-corrected chi connectivity index (χ3v) is 4.36. The molecule has 1 N–H and O–H groups in total. The summed E-state index contributed by atoms with van der Waals surface area (Å²) in [6, 6.07) is 7.10. The van der Waals surface area contributed by atoms with E-state index in [1.807, 2.05) is 11.8 Å². The van der Waals surface area contributed by atoms with E-state index in [2.05, 4.69) is 44.3 Å². The molecule has 18 heavy (non-hydrogen) atoms. The molecule has 0 aromatic heterocycles. The summed E-state index contributed by atoms with van der Waals surface area (Å²) in [6.07, 6.45) is 1.05. The zero-order valence-electron chi connectivity index (χ0n) is 11.5. The fraction of sp³-hybridized carbons (Fsp3) is 0.600. The molecule has 1 atom stereocenters. The zero-order valence-corrected chi connectivity index (χ0v) is 12.3. The van der Waals surface area contributed by atoms with Crippen molar-refractivity contribution < 1.29 is 4.74 Å². The van der Waals surface area contributed by atoms with Gasteiger partial charge in [0.05, 0.1) is 6.61 Å². The number of fused-ring (bicyclic) bond motifs is 1. The highest BCUT2D eigenvalue weighted by molar-refractivity contribution is 7.99. The molecule has 100 valence electrons. The predicted octanol–water partition coefficient (Wildman–Crippen LogP) is 3.41. The Morgan fingerprint density at radius 3 is 2.94 bits per heavy atom. The first kappa shape index (κ1) is 13.8. The van der Waals surface area contributed by atoms with Crippen LogP contribution in [0.4, 0.5) is 0 Å². The van der Waals surface area contributed by atoms with E-state index in [0.717, 1.165) is 31.1 Å². The van der Waals surface area contributed by atoms with Crippen LogP contribution in [-0.4, -0.2) is 24.2 Å². The van der Waals surface area contributed by atoms with E-state index >= 15 is 0 Å². The molecule has 0 aliphatic carbocycles. The van der Waals surface area contributed by atoms with Gasteiger partial charge in [-0.05, 0) is 29.0 Å². The lowest BCUT2D eigenvalue weighted by Gasteiger charge is -2.19. The molecule has 1 unspecified atom stereocenters. The lowest BCUT2D eigenvalue weighted by molar-refractivity contribution is 0.357. The Hall–Kier alpha value is -0.670. The van der Waals surface area contributed by atoms with Crippen molar-refractivity contribution in [2.24, 2.45) is 0 Å². The molecule has 0 radical (unpaired) electrons. The van der Waals surface area contributed by atoms with Crippen molar-refractivity contribution in [2.45, 2.75) is 38.5 Å². The predicted molar refractivity (Wildman–Crippen MR) is 79.7 cm³/mol. The van der Waals surface area contributed by atoms with Crippen molar-refractivity contribution in [3.63, 3.8) is 0 Å². The fourth-order valence-electron chi connectivity index (χ4n) is 2.23. The minimum absolute atomic E-state index is 0.452. The third-order valence-electron chi connectivity index (χ3n) is 3.16. The number of benzene rings is 1. The Morgan fingerprint density at radius 1 is 1.39 bits per heavy atom. The fourth-order valence-corrected chi connectivity index (χ4v) is 3.12. The number of hydrogen-bond acceptors (Lipinski definition) is 3. The topological polar surface area (TPSA) is 21.3 Å². The van der Waals surface area contributed by atoms with Crippen LogP contribution in [0.25, 0.3) is 0 Å². The molecule has 1 aromatic rings. The van der Waals surface area contributed by atoms with Crippen LogP contribution in [0.1, 0.15) is 37.9 Å². The highest BCUT2D eigenvalue weighted by Gasteiger charge is 2.16. The van der Waals surface area contributed by atoms with Gasteiger partial charge in [-0.15, -0.1) is 0 Å². The van der Waals surface area contributed by atoms with E-state index in [9.17, 15) is 0 Å². The molecule has 1 heterocycles. The van der Waals surface area contributed by atoms with Gasteiger partial charge in [-0.1, -0.05) is 32.9 Å². The van der Waals surface area contributed by atoms with Crippen LogP contribution in [0.5, 0.6) is 5.75 Å². The first-order chi connectivity index (χ1) is 8.70. The van der Waals surface area contributed by atoms with Crippen molar-refractivity contribution in [1.82, 2.24) is 5.32 Å². The van der Waals surface area contributed by atoms with Gasteiger partial charge >= 0.3 is 0 Å². The number of ether oxygens (including phenoxy) is 1. The molecular formula is C15H23NOS. The summed E-state index contributed by atoms with van der Waals surface area (Å²) in [5.41, 5.74) is 2.76. The number of thioether (sulfide) groups is 1. The Kier molecular flexibility index (Phi) is 4.95. The smallest absolute Gasteiger partial charge is 0.122 e. The van der Waals surface area contributed by atoms with E-state index in [-0.39, 0.29) is 0 Å². The van der Waals surface area contributed by atoms with E-state index < -0.39 is 0 Å². The summed E-state index contributed by atoms with van der Waals surface area (Å²) in [6.45, 7) is 8.53. The van der Waals surface area contributed by atoms with Crippen LogP contribution in [0.3, 0.4) is 0 Å². The molecule has 2 nitrogen and oxygen atoms in total.